The van der Waals surface area contributed by atoms with Crippen molar-refractivity contribution in [3.63, 3.8) is 0 Å². The van der Waals surface area contributed by atoms with E-state index in [9.17, 15) is 0 Å². The van der Waals surface area contributed by atoms with Gasteiger partial charge < -0.3 is 0 Å². The van der Waals surface area contributed by atoms with Gasteiger partial charge in [-0.05, 0) is 28.8 Å². The van der Waals surface area contributed by atoms with Crippen molar-refractivity contribution in [2.45, 2.75) is 0 Å². The summed E-state index contributed by atoms with van der Waals surface area (Å²) in [6.07, 6.45) is 4.28. The average molecular weight is 120 g/mol. The van der Waals surface area contributed by atoms with Crippen LogP contribution in [0.5, 0.6) is 0 Å². The molecule has 0 aromatic carbocycles. The van der Waals surface area contributed by atoms with Crippen LogP contribution >= 0.6 is 8.19 Å². The summed E-state index contributed by atoms with van der Waals surface area (Å²) in [5.41, 5.74) is 2.80. The SMILES string of the molecule is C1=Cc2cpccc21. The molecule has 0 saturated carbocycles. The molecule has 0 nitrogen and oxygen atoms in total. The Balaban J connectivity index is 2.69. The van der Waals surface area contributed by atoms with E-state index in [2.05, 4.69) is 29.8 Å². The largest absolute Gasteiger partial charge is 0.0758 e. The molecule has 0 bridgehead atoms. The van der Waals surface area contributed by atoms with E-state index in [1.54, 1.807) is 0 Å². The fraction of sp³-hybridized carbons (Fsp3) is 0. The summed E-state index contributed by atoms with van der Waals surface area (Å²) in [4.78, 5) is 0. The van der Waals surface area contributed by atoms with Gasteiger partial charge in [0.1, 0.15) is 0 Å². The van der Waals surface area contributed by atoms with Gasteiger partial charge in [0.2, 0.25) is 0 Å². The standard InChI is InChI=1S/C7H5P/c1-2-7-5-8-4-3-6(1)7/h1-5H. The van der Waals surface area contributed by atoms with E-state index in [4.69, 9.17) is 0 Å². The summed E-state index contributed by atoms with van der Waals surface area (Å²) in [6.45, 7) is 0. The first-order valence-corrected chi connectivity index (χ1v) is 3.62. The lowest BCUT2D eigenvalue weighted by Crippen LogP contribution is -1.83. The van der Waals surface area contributed by atoms with Crippen LogP contribution in [0.1, 0.15) is 11.1 Å². The van der Waals surface area contributed by atoms with Gasteiger partial charge in [-0.25, -0.2) is 0 Å². The zero-order valence-electron chi connectivity index (χ0n) is 4.33. The maximum absolute atomic E-state index is 2.22. The predicted molar refractivity (Wildman–Crippen MR) is 37.9 cm³/mol. The van der Waals surface area contributed by atoms with Gasteiger partial charge in [-0.2, -0.15) is 0 Å². The molecule has 0 fully saturated rings. The lowest BCUT2D eigenvalue weighted by molar-refractivity contribution is 1.67. The molecule has 0 N–H and O–H groups in total. The van der Waals surface area contributed by atoms with Crippen molar-refractivity contribution in [1.29, 1.82) is 0 Å². The quantitative estimate of drug-likeness (QED) is 0.501. The minimum Gasteiger partial charge on any atom is -0.0758 e. The van der Waals surface area contributed by atoms with Gasteiger partial charge in [-0.3, -0.25) is 0 Å². The zero-order chi connectivity index (χ0) is 5.40. The van der Waals surface area contributed by atoms with Crippen molar-refractivity contribution in [3.8, 4) is 0 Å². The summed E-state index contributed by atoms with van der Waals surface area (Å²) >= 11 is 0. The van der Waals surface area contributed by atoms with Crippen LogP contribution in [0.25, 0.3) is 12.2 Å². The molecule has 1 aliphatic carbocycles. The smallest absolute Gasteiger partial charge is 0.0138 e. The first-order valence-electron chi connectivity index (χ1n) is 2.59. The van der Waals surface area contributed by atoms with Crippen molar-refractivity contribution >= 4 is 20.3 Å². The molecule has 0 aliphatic heterocycles. The highest BCUT2D eigenvalue weighted by Crippen LogP contribution is 2.25. The Hall–Kier alpha value is -0.610. The molecule has 1 aromatic rings. The molecule has 1 aliphatic rings. The topological polar surface area (TPSA) is 0 Å². The fourth-order valence-electron chi connectivity index (χ4n) is 0.792. The third kappa shape index (κ3) is 0.439. The van der Waals surface area contributed by atoms with Crippen LogP contribution in [-0.2, 0) is 0 Å². The Kier molecular flexibility index (Phi) is 0.767. The predicted octanol–water partition coefficient (Wildman–Crippen LogP) is 2.75. The molecule has 0 unspecified atom stereocenters. The van der Waals surface area contributed by atoms with Crippen LogP contribution < -0.4 is 0 Å². The molecule has 1 aromatic heterocycles. The Labute approximate surface area is 50.0 Å². The van der Waals surface area contributed by atoms with Crippen LogP contribution in [0, 0.1) is 0 Å². The molecule has 0 atom stereocenters. The third-order valence-corrected chi connectivity index (χ3v) is 2.08. The highest BCUT2D eigenvalue weighted by Gasteiger charge is 2.00. The van der Waals surface area contributed by atoms with Crippen LogP contribution in [0.2, 0.25) is 0 Å². The second-order valence-corrected chi connectivity index (χ2v) is 2.69. The van der Waals surface area contributed by atoms with Crippen LogP contribution in [-0.4, -0.2) is 0 Å². The van der Waals surface area contributed by atoms with Crippen molar-refractivity contribution in [3.05, 3.63) is 28.8 Å². The number of fused-ring (bicyclic) bond motifs is 1. The number of hydrogen-bond acceptors (Lipinski definition) is 0. The van der Waals surface area contributed by atoms with Crippen LogP contribution in [0.15, 0.2) is 17.7 Å². The summed E-state index contributed by atoms with van der Waals surface area (Å²) in [7, 11) is 1.32. The molecule has 8 heavy (non-hydrogen) atoms. The molecule has 0 amide bonds. The first-order chi connectivity index (χ1) is 3.97. The minimum absolute atomic E-state index is 1.32. The van der Waals surface area contributed by atoms with Crippen molar-refractivity contribution in [2.24, 2.45) is 0 Å². The summed E-state index contributed by atoms with van der Waals surface area (Å²) in [5.74, 6) is 4.37. The average Bonchev–Trinajstić information content (AvgIpc) is 1.72. The van der Waals surface area contributed by atoms with Crippen LogP contribution in [0.4, 0.5) is 0 Å². The van der Waals surface area contributed by atoms with E-state index >= 15 is 0 Å². The Bertz CT molecular complexity index is 213. The first kappa shape index (κ1) is 4.29. The highest BCUT2D eigenvalue weighted by atomic mass is 31.0. The van der Waals surface area contributed by atoms with E-state index in [0.717, 1.165) is 0 Å². The van der Waals surface area contributed by atoms with Gasteiger partial charge >= 0.3 is 0 Å². The minimum atomic E-state index is 1.32. The summed E-state index contributed by atoms with van der Waals surface area (Å²) < 4.78 is 0. The van der Waals surface area contributed by atoms with E-state index in [0.29, 0.717) is 0 Å². The molecule has 2 rings (SSSR count). The molecule has 0 saturated heterocycles. The molecule has 0 spiro atoms. The van der Waals surface area contributed by atoms with Gasteiger partial charge in [-0.1, -0.05) is 20.3 Å². The fourth-order valence-corrected chi connectivity index (χ4v) is 1.52. The Morgan fingerprint density at radius 3 is 2.38 bits per heavy atom. The Morgan fingerprint density at radius 1 is 1.12 bits per heavy atom. The van der Waals surface area contributed by atoms with Crippen molar-refractivity contribution < 1.29 is 0 Å². The normalized spacial score (nSPS) is 13.5. The van der Waals surface area contributed by atoms with Gasteiger partial charge in [0, 0.05) is 0 Å². The second-order valence-electron chi connectivity index (χ2n) is 1.84. The molecule has 38 valence electrons. The molecule has 0 radical (unpaired) electrons. The van der Waals surface area contributed by atoms with Gasteiger partial charge in [0.05, 0.1) is 0 Å². The van der Waals surface area contributed by atoms with Crippen LogP contribution in [0.3, 0.4) is 0 Å². The molecule has 1 heteroatoms. The Morgan fingerprint density at radius 2 is 2.00 bits per heavy atom. The highest BCUT2D eigenvalue weighted by molar-refractivity contribution is 7.28. The lowest BCUT2D eigenvalue weighted by atomic mass is 10.0. The summed E-state index contributed by atoms with van der Waals surface area (Å²) in [6, 6.07) is 2.16. The molecular weight excluding hydrogens is 115 g/mol. The monoisotopic (exact) mass is 120 g/mol. The summed E-state index contributed by atoms with van der Waals surface area (Å²) in [5, 5.41) is 0. The number of hydrogen-bond donors (Lipinski definition) is 0. The van der Waals surface area contributed by atoms with Gasteiger partial charge in [0.15, 0.2) is 0 Å². The van der Waals surface area contributed by atoms with E-state index in [1.807, 2.05) is 0 Å². The van der Waals surface area contributed by atoms with E-state index in [1.165, 1.54) is 19.3 Å². The van der Waals surface area contributed by atoms with Crippen molar-refractivity contribution in [2.75, 3.05) is 0 Å². The van der Waals surface area contributed by atoms with Crippen molar-refractivity contribution in [1.82, 2.24) is 0 Å². The zero-order valence-corrected chi connectivity index (χ0v) is 5.23. The van der Waals surface area contributed by atoms with Gasteiger partial charge in [0.25, 0.3) is 0 Å². The second kappa shape index (κ2) is 1.43. The van der Waals surface area contributed by atoms with Gasteiger partial charge in [-0.15, -0.1) is 0 Å². The maximum Gasteiger partial charge on any atom is -0.0138 e. The van der Waals surface area contributed by atoms with E-state index < -0.39 is 0 Å². The van der Waals surface area contributed by atoms with E-state index in [-0.39, 0.29) is 0 Å². The number of rotatable bonds is 0. The third-order valence-electron chi connectivity index (χ3n) is 1.33. The molecular formula is C7H5P. The maximum atomic E-state index is 2.22. The lowest BCUT2D eigenvalue weighted by Gasteiger charge is -2.06. The molecule has 1 heterocycles.